The van der Waals surface area contributed by atoms with E-state index in [-0.39, 0.29) is 11.8 Å². The number of aryl methyl sites for hydroxylation is 2. The summed E-state index contributed by atoms with van der Waals surface area (Å²) in [6.45, 7) is 5.63. The van der Waals surface area contributed by atoms with Crippen LogP contribution in [0.5, 0.6) is 0 Å². The second-order valence-electron chi connectivity index (χ2n) is 4.63. The van der Waals surface area contributed by atoms with E-state index >= 15 is 0 Å². The molecule has 0 saturated carbocycles. The maximum absolute atomic E-state index is 12.5. The summed E-state index contributed by atoms with van der Waals surface area (Å²) in [4.78, 5) is 23.7. The zero-order chi connectivity index (χ0) is 15.6. The first-order valence-corrected chi connectivity index (χ1v) is 6.57. The molecule has 0 aliphatic rings. The van der Waals surface area contributed by atoms with Crippen LogP contribution in [0, 0.1) is 6.92 Å². The second-order valence-corrected chi connectivity index (χ2v) is 4.63. The second kappa shape index (κ2) is 5.78. The van der Waals surface area contributed by atoms with Gasteiger partial charge in [0.1, 0.15) is 5.69 Å². The Hall–Kier alpha value is -2.64. The van der Waals surface area contributed by atoms with Crippen molar-refractivity contribution in [2.45, 2.75) is 27.3 Å². The Morgan fingerprint density at radius 2 is 1.86 bits per heavy atom. The van der Waals surface area contributed by atoms with Crippen LogP contribution < -0.4 is 10.6 Å². The minimum atomic E-state index is -0.339. The smallest absolute Gasteiger partial charge is 0.276 e. The van der Waals surface area contributed by atoms with Gasteiger partial charge >= 0.3 is 0 Å². The topological polar surface area (TPSA) is 93.8 Å². The van der Waals surface area contributed by atoms with Crippen LogP contribution in [0.15, 0.2) is 12.4 Å². The Morgan fingerprint density at radius 1 is 1.19 bits per heavy atom. The lowest BCUT2D eigenvalue weighted by atomic mass is 10.3. The maximum Gasteiger partial charge on any atom is 0.276 e. The van der Waals surface area contributed by atoms with Gasteiger partial charge in [0, 0.05) is 20.5 Å². The van der Waals surface area contributed by atoms with Crippen LogP contribution in [0.1, 0.15) is 30.0 Å². The van der Waals surface area contributed by atoms with E-state index in [4.69, 9.17) is 0 Å². The van der Waals surface area contributed by atoms with Crippen molar-refractivity contribution in [3.8, 4) is 0 Å². The number of aromatic nitrogens is 4. The predicted molar refractivity (Wildman–Crippen MR) is 78.1 cm³/mol. The van der Waals surface area contributed by atoms with Gasteiger partial charge in [-0.15, -0.1) is 0 Å². The summed E-state index contributed by atoms with van der Waals surface area (Å²) in [5, 5.41) is 13.6. The molecule has 21 heavy (non-hydrogen) atoms. The number of anilines is 2. The summed E-state index contributed by atoms with van der Waals surface area (Å²) < 4.78 is 3.20. The quantitative estimate of drug-likeness (QED) is 0.883. The minimum absolute atomic E-state index is 0.253. The van der Waals surface area contributed by atoms with E-state index in [9.17, 15) is 9.59 Å². The van der Waals surface area contributed by atoms with Crippen LogP contribution in [0.25, 0.3) is 0 Å². The largest absolute Gasteiger partial charge is 0.323 e. The number of hydrogen-bond donors (Lipinski definition) is 2. The Balaban J connectivity index is 2.31. The molecule has 8 heteroatoms. The van der Waals surface area contributed by atoms with Gasteiger partial charge in [-0.2, -0.15) is 10.2 Å². The SMILES string of the molecule is CCn1ncc(NC(C)=O)c1C(=O)Nc1cnn(C)c1C. The fraction of sp³-hybridized carbons (Fsp3) is 0.385. The van der Waals surface area contributed by atoms with Gasteiger partial charge in [0.05, 0.1) is 29.5 Å². The molecule has 0 radical (unpaired) electrons. The molecule has 2 amide bonds. The molecule has 2 aromatic heterocycles. The van der Waals surface area contributed by atoms with Crippen LogP contribution >= 0.6 is 0 Å². The normalized spacial score (nSPS) is 10.5. The molecule has 0 aromatic carbocycles. The predicted octanol–water partition coefficient (Wildman–Crippen LogP) is 1.16. The van der Waals surface area contributed by atoms with E-state index < -0.39 is 0 Å². The van der Waals surface area contributed by atoms with Gasteiger partial charge in [-0.05, 0) is 13.8 Å². The van der Waals surface area contributed by atoms with Crippen molar-refractivity contribution in [2.24, 2.45) is 7.05 Å². The molecule has 2 aromatic rings. The number of amides is 2. The van der Waals surface area contributed by atoms with Gasteiger partial charge in [-0.3, -0.25) is 19.0 Å². The van der Waals surface area contributed by atoms with Gasteiger partial charge < -0.3 is 10.6 Å². The van der Waals surface area contributed by atoms with E-state index in [1.807, 2.05) is 13.8 Å². The summed E-state index contributed by atoms with van der Waals surface area (Å²) in [6.07, 6.45) is 3.05. The Bertz CT molecular complexity index is 685. The average molecular weight is 290 g/mol. The van der Waals surface area contributed by atoms with Crippen LogP contribution in [0.2, 0.25) is 0 Å². The average Bonchev–Trinajstić information content (AvgIpc) is 2.96. The highest BCUT2D eigenvalue weighted by atomic mass is 16.2. The maximum atomic E-state index is 12.5. The molecule has 0 unspecified atom stereocenters. The molecule has 0 bridgehead atoms. The Labute approximate surface area is 122 Å². The molecule has 2 heterocycles. The van der Waals surface area contributed by atoms with E-state index in [2.05, 4.69) is 20.8 Å². The number of rotatable bonds is 4. The molecule has 0 fully saturated rings. The highest BCUT2D eigenvalue weighted by Gasteiger charge is 2.20. The number of nitrogens with one attached hydrogen (secondary N) is 2. The number of nitrogens with zero attached hydrogens (tertiary/aromatic N) is 4. The van der Waals surface area contributed by atoms with Crippen LogP contribution in [0.4, 0.5) is 11.4 Å². The lowest BCUT2D eigenvalue weighted by Crippen LogP contribution is -2.20. The van der Waals surface area contributed by atoms with Crippen molar-refractivity contribution in [1.82, 2.24) is 19.6 Å². The minimum Gasteiger partial charge on any atom is -0.323 e. The third kappa shape index (κ3) is 2.93. The first-order chi connectivity index (χ1) is 9.93. The molecule has 2 rings (SSSR count). The van der Waals surface area contributed by atoms with Crippen molar-refractivity contribution in [3.05, 3.63) is 23.8 Å². The van der Waals surface area contributed by atoms with Crippen LogP contribution in [-0.2, 0) is 18.4 Å². The number of carbonyl (C=O) groups is 2. The highest BCUT2D eigenvalue weighted by molar-refractivity contribution is 6.08. The Morgan fingerprint density at radius 3 is 2.38 bits per heavy atom. The molecular formula is C13H18N6O2. The summed E-state index contributed by atoms with van der Waals surface area (Å²) in [7, 11) is 1.80. The van der Waals surface area contributed by atoms with Crippen molar-refractivity contribution in [3.63, 3.8) is 0 Å². The lowest BCUT2D eigenvalue weighted by Gasteiger charge is -2.09. The van der Waals surface area contributed by atoms with E-state index in [0.717, 1.165) is 5.69 Å². The van der Waals surface area contributed by atoms with Crippen LogP contribution in [0.3, 0.4) is 0 Å². The van der Waals surface area contributed by atoms with Crippen LogP contribution in [-0.4, -0.2) is 31.4 Å². The third-order valence-corrected chi connectivity index (χ3v) is 3.15. The molecule has 0 spiro atoms. The summed E-state index contributed by atoms with van der Waals surface area (Å²) >= 11 is 0. The van der Waals surface area contributed by atoms with E-state index in [0.29, 0.717) is 23.6 Å². The molecule has 0 aliphatic heterocycles. The molecule has 112 valence electrons. The highest BCUT2D eigenvalue weighted by Crippen LogP contribution is 2.19. The molecular weight excluding hydrogens is 272 g/mol. The zero-order valence-corrected chi connectivity index (χ0v) is 12.5. The first-order valence-electron chi connectivity index (χ1n) is 6.57. The standard InChI is InChI=1S/C13H18N6O2/c1-5-19-12(11(7-15-19)16-9(3)20)13(21)17-10-6-14-18(4)8(10)2/h6-7H,5H2,1-4H3,(H,16,20)(H,17,21). The summed E-state index contributed by atoms with van der Waals surface area (Å²) in [5.41, 5.74) is 2.17. The monoisotopic (exact) mass is 290 g/mol. The molecule has 0 saturated heterocycles. The van der Waals surface area contributed by atoms with Gasteiger partial charge in [0.15, 0.2) is 0 Å². The van der Waals surface area contributed by atoms with Gasteiger partial charge in [0.25, 0.3) is 5.91 Å². The summed E-state index contributed by atoms with van der Waals surface area (Å²) in [5.74, 6) is -0.591. The molecule has 2 N–H and O–H groups in total. The van der Waals surface area contributed by atoms with Crippen molar-refractivity contribution in [2.75, 3.05) is 10.6 Å². The van der Waals surface area contributed by atoms with Crippen molar-refractivity contribution >= 4 is 23.2 Å². The lowest BCUT2D eigenvalue weighted by molar-refractivity contribution is -0.114. The van der Waals surface area contributed by atoms with Gasteiger partial charge in [-0.25, -0.2) is 0 Å². The van der Waals surface area contributed by atoms with E-state index in [1.54, 1.807) is 17.9 Å². The third-order valence-electron chi connectivity index (χ3n) is 3.15. The Kier molecular flexibility index (Phi) is 4.06. The fourth-order valence-electron chi connectivity index (χ4n) is 1.95. The summed E-state index contributed by atoms with van der Waals surface area (Å²) in [6, 6.07) is 0. The zero-order valence-electron chi connectivity index (χ0n) is 12.5. The molecule has 0 atom stereocenters. The van der Waals surface area contributed by atoms with Gasteiger partial charge in [-0.1, -0.05) is 0 Å². The molecule has 8 nitrogen and oxygen atoms in total. The molecule has 0 aliphatic carbocycles. The van der Waals surface area contributed by atoms with Crippen molar-refractivity contribution < 1.29 is 9.59 Å². The van der Waals surface area contributed by atoms with E-state index in [1.165, 1.54) is 17.8 Å². The fourth-order valence-corrected chi connectivity index (χ4v) is 1.95. The number of carbonyl (C=O) groups excluding carboxylic acids is 2. The van der Waals surface area contributed by atoms with Crippen molar-refractivity contribution in [1.29, 1.82) is 0 Å². The first kappa shape index (κ1) is 14.8. The number of hydrogen-bond acceptors (Lipinski definition) is 4. The van der Waals surface area contributed by atoms with Gasteiger partial charge in [0.2, 0.25) is 5.91 Å².